The zero-order valence-corrected chi connectivity index (χ0v) is 8.82. The van der Waals surface area contributed by atoms with Crippen molar-refractivity contribution in [3.05, 3.63) is 0 Å². The van der Waals surface area contributed by atoms with Gasteiger partial charge in [-0.25, -0.2) is 0 Å². The third-order valence-corrected chi connectivity index (χ3v) is 2.26. The van der Waals surface area contributed by atoms with E-state index >= 15 is 0 Å². The minimum Gasteiger partial charge on any atom is -0.463 e. The maximum atomic E-state index is 10.6. The molecule has 0 aromatic rings. The zero-order chi connectivity index (χ0) is 10.4. The molecule has 0 saturated carbocycles. The van der Waals surface area contributed by atoms with Crippen molar-refractivity contribution in [1.29, 1.82) is 0 Å². The van der Waals surface area contributed by atoms with Crippen LogP contribution in [-0.4, -0.2) is 38.5 Å². The Hall–Kier alpha value is -0.610. The Morgan fingerprint density at radius 3 is 2.57 bits per heavy atom. The second kappa shape index (κ2) is 5.98. The molecule has 0 bridgehead atoms. The van der Waals surface area contributed by atoms with Crippen molar-refractivity contribution in [3.8, 4) is 0 Å². The van der Waals surface area contributed by atoms with E-state index in [-0.39, 0.29) is 18.2 Å². The van der Waals surface area contributed by atoms with Crippen molar-refractivity contribution in [3.63, 3.8) is 0 Å². The number of hydrogen-bond donors (Lipinski definition) is 0. The Morgan fingerprint density at radius 1 is 1.36 bits per heavy atom. The van der Waals surface area contributed by atoms with E-state index in [1.807, 2.05) is 0 Å². The maximum Gasteiger partial charge on any atom is 0.302 e. The molecular weight excluding hydrogens is 184 g/mol. The lowest BCUT2D eigenvalue weighted by molar-refractivity contribution is -0.151. The van der Waals surface area contributed by atoms with Crippen molar-refractivity contribution in [2.24, 2.45) is 0 Å². The molecule has 82 valence electrons. The van der Waals surface area contributed by atoms with Gasteiger partial charge in [0.15, 0.2) is 0 Å². The van der Waals surface area contributed by atoms with Gasteiger partial charge in [0, 0.05) is 14.0 Å². The second-order valence-corrected chi connectivity index (χ2v) is 3.57. The van der Waals surface area contributed by atoms with E-state index in [9.17, 15) is 4.79 Å². The molecule has 0 aromatic carbocycles. The minimum absolute atomic E-state index is 0.0489. The number of carbonyl (C=O) groups excluding carboxylic acids is 1. The van der Waals surface area contributed by atoms with Crippen molar-refractivity contribution < 1.29 is 19.0 Å². The maximum absolute atomic E-state index is 10.6. The van der Waals surface area contributed by atoms with Crippen LogP contribution in [0.2, 0.25) is 0 Å². The molecule has 0 radical (unpaired) electrons. The number of esters is 1. The van der Waals surface area contributed by atoms with Gasteiger partial charge in [-0.15, -0.1) is 0 Å². The van der Waals surface area contributed by atoms with Crippen LogP contribution in [0.3, 0.4) is 0 Å². The lowest BCUT2D eigenvalue weighted by atomic mass is 10.1. The van der Waals surface area contributed by atoms with E-state index in [1.54, 1.807) is 7.11 Å². The predicted molar refractivity (Wildman–Crippen MR) is 51.0 cm³/mol. The lowest BCUT2D eigenvalue weighted by Gasteiger charge is -2.29. The first kappa shape index (κ1) is 11.5. The summed E-state index contributed by atoms with van der Waals surface area (Å²) in [6.07, 6.45) is 3.32. The van der Waals surface area contributed by atoms with Crippen LogP contribution in [0.1, 0.15) is 26.2 Å². The van der Waals surface area contributed by atoms with E-state index < -0.39 is 0 Å². The monoisotopic (exact) mass is 202 g/mol. The summed E-state index contributed by atoms with van der Waals surface area (Å²) in [6, 6.07) is 0. The van der Waals surface area contributed by atoms with E-state index in [0.29, 0.717) is 13.2 Å². The van der Waals surface area contributed by atoms with Gasteiger partial charge in [-0.3, -0.25) is 4.79 Å². The normalized spacial score (nSPS) is 27.3. The van der Waals surface area contributed by atoms with E-state index in [0.717, 1.165) is 19.3 Å². The predicted octanol–water partition coefficient (Wildman–Crippen LogP) is 1.13. The molecule has 0 N–H and O–H groups in total. The molecule has 0 aromatic heterocycles. The molecule has 0 aliphatic carbocycles. The number of rotatable bonds is 4. The first-order valence-electron chi connectivity index (χ1n) is 5.00. The molecule has 1 saturated heterocycles. The smallest absolute Gasteiger partial charge is 0.302 e. The summed E-state index contributed by atoms with van der Waals surface area (Å²) in [4.78, 5) is 10.6. The number of carbonyl (C=O) groups is 1. The number of methoxy groups -OCH3 is 1. The molecule has 1 aliphatic rings. The van der Waals surface area contributed by atoms with Crippen molar-refractivity contribution in [2.45, 2.75) is 38.4 Å². The fraction of sp³-hybridized carbons (Fsp3) is 0.900. The molecule has 0 amide bonds. The average Bonchev–Trinajstić information content (AvgIpc) is 2.16. The van der Waals surface area contributed by atoms with Crippen molar-refractivity contribution in [2.75, 3.05) is 20.3 Å². The quantitative estimate of drug-likeness (QED) is 0.641. The van der Waals surface area contributed by atoms with Gasteiger partial charge in [-0.1, -0.05) is 0 Å². The molecule has 1 heterocycles. The molecule has 14 heavy (non-hydrogen) atoms. The van der Waals surface area contributed by atoms with E-state index in [4.69, 9.17) is 14.2 Å². The van der Waals surface area contributed by atoms with Gasteiger partial charge in [0.25, 0.3) is 0 Å². The number of hydrogen-bond acceptors (Lipinski definition) is 4. The van der Waals surface area contributed by atoms with Crippen LogP contribution in [0, 0.1) is 0 Å². The fourth-order valence-electron chi connectivity index (χ4n) is 1.62. The van der Waals surface area contributed by atoms with Gasteiger partial charge in [-0.2, -0.15) is 0 Å². The number of ether oxygens (including phenoxy) is 3. The highest BCUT2D eigenvalue weighted by Gasteiger charge is 2.22. The minimum atomic E-state index is -0.248. The third-order valence-electron chi connectivity index (χ3n) is 2.26. The summed E-state index contributed by atoms with van der Waals surface area (Å²) < 4.78 is 15.6. The second-order valence-electron chi connectivity index (χ2n) is 3.57. The molecule has 1 unspecified atom stereocenters. The van der Waals surface area contributed by atoms with E-state index in [2.05, 4.69) is 0 Å². The highest BCUT2D eigenvalue weighted by molar-refractivity contribution is 5.65. The topological polar surface area (TPSA) is 44.8 Å². The van der Waals surface area contributed by atoms with Crippen LogP contribution in [0.15, 0.2) is 0 Å². The summed E-state index contributed by atoms with van der Waals surface area (Å²) in [6.45, 7) is 2.40. The molecular formula is C10H18O4. The van der Waals surface area contributed by atoms with E-state index in [1.165, 1.54) is 6.92 Å². The summed E-state index contributed by atoms with van der Waals surface area (Å²) in [5.41, 5.74) is 0. The first-order valence-corrected chi connectivity index (χ1v) is 5.00. The fourth-order valence-corrected chi connectivity index (χ4v) is 1.62. The van der Waals surface area contributed by atoms with Crippen molar-refractivity contribution in [1.82, 2.24) is 0 Å². The molecule has 2 atom stereocenters. The van der Waals surface area contributed by atoms with Crippen LogP contribution in [0.25, 0.3) is 0 Å². The van der Waals surface area contributed by atoms with Crippen LogP contribution < -0.4 is 0 Å². The van der Waals surface area contributed by atoms with Gasteiger partial charge in [0.2, 0.25) is 0 Å². The summed E-state index contributed by atoms with van der Waals surface area (Å²) in [7, 11) is 1.67. The molecule has 1 rings (SSSR count). The highest BCUT2D eigenvalue weighted by atomic mass is 16.6. The Labute approximate surface area is 84.5 Å². The van der Waals surface area contributed by atoms with Gasteiger partial charge in [0.1, 0.15) is 6.61 Å². The van der Waals surface area contributed by atoms with Crippen LogP contribution in [0.5, 0.6) is 0 Å². The van der Waals surface area contributed by atoms with Crippen LogP contribution in [0.4, 0.5) is 0 Å². The molecule has 1 aliphatic heterocycles. The molecule has 1 fully saturated rings. The largest absolute Gasteiger partial charge is 0.463 e. The Balaban J connectivity index is 2.21. The molecule has 4 heteroatoms. The zero-order valence-electron chi connectivity index (χ0n) is 8.82. The van der Waals surface area contributed by atoms with Crippen LogP contribution in [-0.2, 0) is 19.0 Å². The van der Waals surface area contributed by atoms with Crippen LogP contribution >= 0.6 is 0 Å². The Kier molecular flexibility index (Phi) is 4.90. The summed E-state index contributed by atoms with van der Waals surface area (Å²) in [5, 5.41) is 0. The Bertz CT molecular complexity index is 179. The van der Waals surface area contributed by atoms with Gasteiger partial charge >= 0.3 is 5.97 Å². The lowest BCUT2D eigenvalue weighted by Crippen LogP contribution is -2.34. The first-order chi connectivity index (χ1) is 6.72. The highest BCUT2D eigenvalue weighted by Crippen LogP contribution is 2.19. The summed E-state index contributed by atoms with van der Waals surface area (Å²) in [5.74, 6) is -0.248. The standard InChI is InChI=1S/C10H18O4/c1-8(11)13-7-10-5-3-4-9(14-10)6-12-2/h9-10H,3-7H2,1-2H3/t9?,10-/m0/s1. The molecule has 0 spiro atoms. The SMILES string of the molecule is COCC1CCC[C@@H](COC(C)=O)O1. The third kappa shape index (κ3) is 4.07. The average molecular weight is 202 g/mol. The van der Waals surface area contributed by atoms with Gasteiger partial charge in [-0.05, 0) is 19.3 Å². The van der Waals surface area contributed by atoms with Gasteiger partial charge < -0.3 is 14.2 Å². The van der Waals surface area contributed by atoms with Crippen molar-refractivity contribution >= 4 is 5.97 Å². The Morgan fingerprint density at radius 2 is 2.00 bits per heavy atom. The molecule has 4 nitrogen and oxygen atoms in total. The summed E-state index contributed by atoms with van der Waals surface area (Å²) >= 11 is 0. The van der Waals surface area contributed by atoms with Gasteiger partial charge in [0.05, 0.1) is 18.8 Å².